The number of nitrogens with zero attached hydrogens (tertiary/aromatic N) is 1. The minimum Gasteiger partial charge on any atom is -0.394 e. The molecule has 2 N–H and O–H groups in total. The van der Waals surface area contributed by atoms with Crippen LogP contribution in [0.15, 0.2) is 30.3 Å². The number of hydrazine groups is 1. The number of rotatable bonds is 3. The molecule has 15 heavy (non-hydrogen) atoms. The highest BCUT2D eigenvalue weighted by Gasteiger charge is 2.29. The van der Waals surface area contributed by atoms with E-state index in [0.29, 0.717) is 13.0 Å². The molecule has 1 aliphatic rings. The first kappa shape index (κ1) is 10.1. The molecule has 0 aliphatic carbocycles. The summed E-state index contributed by atoms with van der Waals surface area (Å²) in [5.74, 6) is 0.0397. The van der Waals surface area contributed by atoms with E-state index in [0.717, 1.165) is 5.56 Å². The molecule has 4 heteroatoms. The molecule has 0 bridgehead atoms. The van der Waals surface area contributed by atoms with Gasteiger partial charge in [-0.25, -0.2) is 5.43 Å². The molecule has 0 radical (unpaired) electrons. The highest BCUT2D eigenvalue weighted by molar-refractivity contribution is 5.78. The predicted octanol–water partition coefficient (Wildman–Crippen LogP) is 0.457. The number of aliphatic hydroxyl groups excluding tert-OH is 1. The van der Waals surface area contributed by atoms with E-state index in [9.17, 15) is 4.79 Å². The summed E-state index contributed by atoms with van der Waals surface area (Å²) in [6, 6.07) is 9.89. The monoisotopic (exact) mass is 206 g/mol. The van der Waals surface area contributed by atoms with E-state index in [2.05, 4.69) is 5.43 Å². The number of carbonyl (C=O) groups excluding carboxylic acids is 1. The SMILES string of the molecule is O=C1CC(c2ccccc2)NN1CCO. The van der Waals surface area contributed by atoms with Crippen LogP contribution in [-0.4, -0.2) is 29.2 Å². The Morgan fingerprint density at radius 3 is 2.80 bits per heavy atom. The zero-order chi connectivity index (χ0) is 10.7. The fourth-order valence-electron chi connectivity index (χ4n) is 1.76. The quantitative estimate of drug-likeness (QED) is 0.755. The average Bonchev–Trinajstić information content (AvgIpc) is 2.63. The highest BCUT2D eigenvalue weighted by atomic mass is 16.3. The van der Waals surface area contributed by atoms with Crippen LogP contribution in [-0.2, 0) is 4.79 Å². The zero-order valence-corrected chi connectivity index (χ0v) is 8.39. The molecule has 1 fully saturated rings. The Morgan fingerprint density at radius 1 is 1.40 bits per heavy atom. The highest BCUT2D eigenvalue weighted by Crippen LogP contribution is 2.22. The first-order valence-corrected chi connectivity index (χ1v) is 5.03. The lowest BCUT2D eigenvalue weighted by Gasteiger charge is -2.16. The number of aliphatic hydroxyl groups is 1. The molecule has 80 valence electrons. The third-order valence-electron chi connectivity index (χ3n) is 2.52. The molecule has 1 aromatic carbocycles. The van der Waals surface area contributed by atoms with Gasteiger partial charge >= 0.3 is 0 Å². The Labute approximate surface area is 88.5 Å². The summed E-state index contributed by atoms with van der Waals surface area (Å²) in [6.45, 7) is 0.336. The third-order valence-corrected chi connectivity index (χ3v) is 2.52. The minimum atomic E-state index is -0.0136. The number of carbonyl (C=O) groups is 1. The first-order valence-electron chi connectivity index (χ1n) is 5.03. The third kappa shape index (κ3) is 2.16. The molecule has 0 spiro atoms. The number of β-amino-alcohol motifs (C(OH)–C–C–N with tert-alkyl or cyclic N) is 1. The van der Waals surface area contributed by atoms with Crippen molar-refractivity contribution < 1.29 is 9.90 Å². The largest absolute Gasteiger partial charge is 0.394 e. The van der Waals surface area contributed by atoms with Crippen LogP contribution in [0.5, 0.6) is 0 Å². The molecule has 1 atom stereocenters. The maximum atomic E-state index is 11.5. The molecule has 2 rings (SSSR count). The molecule has 4 nitrogen and oxygen atoms in total. The van der Waals surface area contributed by atoms with E-state index in [1.54, 1.807) is 0 Å². The van der Waals surface area contributed by atoms with Crippen LogP contribution in [0, 0.1) is 0 Å². The van der Waals surface area contributed by atoms with Crippen molar-refractivity contribution in [2.24, 2.45) is 0 Å². The van der Waals surface area contributed by atoms with Gasteiger partial charge in [0, 0.05) is 6.42 Å². The van der Waals surface area contributed by atoms with Crippen LogP contribution in [0.1, 0.15) is 18.0 Å². The van der Waals surface area contributed by atoms with Gasteiger partial charge in [-0.15, -0.1) is 0 Å². The Kier molecular flexibility index (Phi) is 2.99. The Balaban J connectivity index is 2.06. The summed E-state index contributed by atoms with van der Waals surface area (Å²) in [7, 11) is 0. The molecular weight excluding hydrogens is 192 g/mol. The van der Waals surface area contributed by atoms with Crippen LogP contribution < -0.4 is 5.43 Å². The molecule has 1 heterocycles. The molecule has 1 unspecified atom stereocenters. The number of hydrogen-bond acceptors (Lipinski definition) is 3. The van der Waals surface area contributed by atoms with Crippen LogP contribution in [0.3, 0.4) is 0 Å². The summed E-state index contributed by atoms with van der Waals surface area (Å²) < 4.78 is 0. The van der Waals surface area contributed by atoms with Gasteiger partial charge in [0.2, 0.25) is 5.91 Å². The van der Waals surface area contributed by atoms with Gasteiger partial charge in [-0.1, -0.05) is 30.3 Å². The van der Waals surface area contributed by atoms with Crippen LogP contribution in [0.25, 0.3) is 0 Å². The lowest BCUT2D eigenvalue weighted by atomic mass is 10.1. The normalized spacial score (nSPS) is 21.0. The minimum absolute atomic E-state index is 0.0136. The van der Waals surface area contributed by atoms with Crippen molar-refractivity contribution in [2.45, 2.75) is 12.5 Å². The molecule has 0 aromatic heterocycles. The van der Waals surface area contributed by atoms with Crippen molar-refractivity contribution in [3.63, 3.8) is 0 Å². The topological polar surface area (TPSA) is 52.6 Å². The fourth-order valence-corrected chi connectivity index (χ4v) is 1.76. The number of nitrogens with one attached hydrogen (secondary N) is 1. The molecule has 0 saturated carbocycles. The van der Waals surface area contributed by atoms with Crippen molar-refractivity contribution in [3.05, 3.63) is 35.9 Å². The van der Waals surface area contributed by atoms with Gasteiger partial charge in [0.25, 0.3) is 0 Å². The van der Waals surface area contributed by atoms with Crippen molar-refractivity contribution in [1.82, 2.24) is 10.4 Å². The van der Waals surface area contributed by atoms with E-state index in [1.165, 1.54) is 5.01 Å². The molecular formula is C11H14N2O2. The predicted molar refractivity (Wildman–Crippen MR) is 55.7 cm³/mol. The van der Waals surface area contributed by atoms with Gasteiger partial charge < -0.3 is 5.11 Å². The number of hydrogen-bond donors (Lipinski definition) is 2. The molecule has 1 aliphatic heterocycles. The van der Waals surface area contributed by atoms with E-state index >= 15 is 0 Å². The lowest BCUT2D eigenvalue weighted by molar-refractivity contribution is -0.130. The summed E-state index contributed by atoms with van der Waals surface area (Å²) in [5.41, 5.74) is 4.18. The number of amides is 1. The van der Waals surface area contributed by atoms with Gasteiger partial charge in [-0.2, -0.15) is 0 Å². The standard InChI is InChI=1S/C11H14N2O2/c14-7-6-13-11(15)8-10(12-13)9-4-2-1-3-5-9/h1-5,10,12,14H,6-8H2. The maximum Gasteiger partial charge on any atom is 0.238 e. The van der Waals surface area contributed by atoms with Crippen LogP contribution in [0.4, 0.5) is 0 Å². The Morgan fingerprint density at radius 2 is 2.13 bits per heavy atom. The number of benzene rings is 1. The Hall–Kier alpha value is -1.39. The van der Waals surface area contributed by atoms with Gasteiger partial charge in [-0.3, -0.25) is 9.80 Å². The second kappa shape index (κ2) is 4.42. The van der Waals surface area contributed by atoms with Crippen molar-refractivity contribution >= 4 is 5.91 Å². The molecule has 1 aromatic rings. The van der Waals surface area contributed by atoms with Gasteiger partial charge in [0.1, 0.15) is 0 Å². The summed E-state index contributed by atoms with van der Waals surface area (Å²) in [5, 5.41) is 10.3. The zero-order valence-electron chi connectivity index (χ0n) is 8.39. The Bertz CT molecular complexity index is 340. The van der Waals surface area contributed by atoms with Crippen LogP contribution in [0.2, 0.25) is 0 Å². The van der Waals surface area contributed by atoms with E-state index in [-0.39, 0.29) is 18.6 Å². The fraction of sp³-hybridized carbons (Fsp3) is 0.364. The molecule has 1 amide bonds. The smallest absolute Gasteiger partial charge is 0.238 e. The van der Waals surface area contributed by atoms with Crippen LogP contribution >= 0.6 is 0 Å². The van der Waals surface area contributed by atoms with Crippen molar-refractivity contribution in [3.8, 4) is 0 Å². The second-order valence-electron chi connectivity index (χ2n) is 3.57. The summed E-state index contributed by atoms with van der Waals surface area (Å²) in [6.07, 6.45) is 0.462. The average molecular weight is 206 g/mol. The van der Waals surface area contributed by atoms with Gasteiger partial charge in [0.05, 0.1) is 19.2 Å². The molecule has 1 saturated heterocycles. The van der Waals surface area contributed by atoms with Crippen molar-refractivity contribution in [2.75, 3.05) is 13.2 Å². The summed E-state index contributed by atoms with van der Waals surface area (Å²) >= 11 is 0. The summed E-state index contributed by atoms with van der Waals surface area (Å²) in [4.78, 5) is 11.5. The second-order valence-corrected chi connectivity index (χ2v) is 3.57. The van der Waals surface area contributed by atoms with Gasteiger partial charge in [-0.05, 0) is 5.56 Å². The van der Waals surface area contributed by atoms with E-state index in [1.807, 2.05) is 30.3 Å². The van der Waals surface area contributed by atoms with E-state index in [4.69, 9.17) is 5.11 Å². The van der Waals surface area contributed by atoms with Gasteiger partial charge in [0.15, 0.2) is 0 Å². The maximum absolute atomic E-state index is 11.5. The lowest BCUT2D eigenvalue weighted by Crippen LogP contribution is -2.37. The van der Waals surface area contributed by atoms with E-state index < -0.39 is 0 Å². The van der Waals surface area contributed by atoms with Crippen molar-refractivity contribution in [1.29, 1.82) is 0 Å². The first-order chi connectivity index (χ1) is 7.31.